The molecule has 1 rings (SSSR count). The van der Waals surface area contributed by atoms with Gasteiger partial charge in [0.05, 0.1) is 18.8 Å². The quantitative estimate of drug-likeness (QED) is 0.224. The van der Waals surface area contributed by atoms with Crippen LogP contribution in [-0.4, -0.2) is 140 Å². The second kappa shape index (κ2) is 16.5. The normalized spacial score (nSPS) is 18.9. The van der Waals surface area contributed by atoms with E-state index in [0.29, 0.717) is 58.7 Å². The van der Waals surface area contributed by atoms with Gasteiger partial charge in [-0.3, -0.25) is 23.9 Å². The Morgan fingerprint density at radius 2 is 1.00 bits per heavy atom. The molecule has 1 saturated heterocycles. The lowest BCUT2D eigenvalue weighted by Crippen LogP contribution is -2.49. The lowest BCUT2D eigenvalue weighted by atomic mass is 9.96. The maximum Gasteiger partial charge on any atom is 0.320 e. The van der Waals surface area contributed by atoms with Gasteiger partial charge >= 0.3 is 11.9 Å². The van der Waals surface area contributed by atoms with Gasteiger partial charge in [-0.2, -0.15) is 8.42 Å². The van der Waals surface area contributed by atoms with Gasteiger partial charge in [-0.15, -0.1) is 0 Å². The third-order valence-corrected chi connectivity index (χ3v) is 7.10. The molecule has 0 aliphatic carbocycles. The largest absolute Gasteiger partial charge is 0.459 e. The van der Waals surface area contributed by atoms with Gasteiger partial charge in [-0.25, -0.2) is 0 Å². The minimum Gasteiger partial charge on any atom is -0.459 e. The Labute approximate surface area is 249 Å². The lowest BCUT2D eigenvalue weighted by Gasteiger charge is -2.36. The zero-order chi connectivity index (χ0) is 31.5. The number of hydrogen-bond acceptors (Lipinski definition) is 10. The van der Waals surface area contributed by atoms with Crippen molar-refractivity contribution in [3.63, 3.8) is 0 Å². The lowest BCUT2D eigenvalue weighted by molar-refractivity contribution is -0.157. The average molecular weight is 607 g/mol. The number of unbranched alkanes of at least 4 members (excludes halogenated alkanes) is 1. The summed E-state index contributed by atoms with van der Waals surface area (Å²) in [5, 5.41) is 0. The molecule has 1 aliphatic rings. The molecule has 12 heteroatoms. The van der Waals surface area contributed by atoms with Crippen LogP contribution in [0.3, 0.4) is 0 Å². The van der Waals surface area contributed by atoms with Crippen LogP contribution in [0.1, 0.15) is 75.2 Å². The molecule has 0 unspecified atom stereocenters. The van der Waals surface area contributed by atoms with E-state index in [2.05, 4.69) is 40.4 Å². The van der Waals surface area contributed by atoms with Crippen LogP contribution in [0.2, 0.25) is 0 Å². The fourth-order valence-electron chi connectivity index (χ4n) is 4.68. The summed E-state index contributed by atoms with van der Waals surface area (Å²) in [5.41, 5.74) is -1.03. The van der Waals surface area contributed by atoms with E-state index in [1.165, 1.54) is 0 Å². The van der Waals surface area contributed by atoms with Gasteiger partial charge in [0.2, 0.25) is 0 Å². The van der Waals surface area contributed by atoms with E-state index in [9.17, 15) is 18.0 Å². The molecule has 0 atom stereocenters. The van der Waals surface area contributed by atoms with Crippen molar-refractivity contribution in [2.24, 2.45) is 5.41 Å². The molecule has 0 aromatic carbocycles. The maximum absolute atomic E-state index is 12.7. The molecule has 0 aromatic rings. The summed E-state index contributed by atoms with van der Waals surface area (Å²) in [6.45, 7) is 25.3. The Kier molecular flexibility index (Phi) is 15.2. The fraction of sp³-hybridized carbons (Fsp3) is 0.931. The fourth-order valence-corrected chi connectivity index (χ4v) is 5.25. The van der Waals surface area contributed by atoms with Crippen LogP contribution in [0.5, 0.6) is 0 Å². The van der Waals surface area contributed by atoms with Gasteiger partial charge < -0.3 is 19.3 Å². The van der Waals surface area contributed by atoms with Crippen LogP contribution < -0.4 is 0 Å². The standard InChI is InChI=1S/C29H58N4O7S/c1-27(2,3)24-33-19-17-31(22-25(34)39-28(4,5)6)15-13-30(12-10-11-21-41(36,37)38)14-16-32(18-20-33)23-26(35)40-29(7,8)9/h10-24H2,1-9H3,(H,36,37,38). The Hall–Kier alpha value is -1.31. The minimum absolute atomic E-state index is 0.0852. The summed E-state index contributed by atoms with van der Waals surface area (Å²) >= 11 is 0. The van der Waals surface area contributed by atoms with Crippen molar-refractivity contribution >= 4 is 22.1 Å². The molecule has 242 valence electrons. The number of rotatable bonds is 10. The van der Waals surface area contributed by atoms with Crippen molar-refractivity contribution in [3.8, 4) is 0 Å². The molecule has 11 nitrogen and oxygen atoms in total. The van der Waals surface area contributed by atoms with E-state index in [-0.39, 0.29) is 36.2 Å². The summed E-state index contributed by atoms with van der Waals surface area (Å²) in [5.74, 6) is -0.773. The third-order valence-electron chi connectivity index (χ3n) is 6.30. The van der Waals surface area contributed by atoms with E-state index in [1.54, 1.807) is 0 Å². The summed E-state index contributed by atoms with van der Waals surface area (Å²) in [6.07, 6.45) is 0.970. The van der Waals surface area contributed by atoms with Crippen molar-refractivity contribution < 1.29 is 32.0 Å². The maximum atomic E-state index is 12.7. The zero-order valence-corrected chi connectivity index (χ0v) is 28.0. The molecule has 0 spiro atoms. The molecular weight excluding hydrogens is 548 g/mol. The summed E-state index contributed by atoms with van der Waals surface area (Å²) < 4.78 is 42.7. The van der Waals surface area contributed by atoms with Gasteiger partial charge in [-0.1, -0.05) is 20.8 Å². The van der Waals surface area contributed by atoms with Crippen molar-refractivity contribution in [1.82, 2.24) is 19.6 Å². The van der Waals surface area contributed by atoms with E-state index in [4.69, 9.17) is 14.0 Å². The third kappa shape index (κ3) is 21.1. The highest BCUT2D eigenvalue weighted by Gasteiger charge is 2.25. The summed E-state index contributed by atoms with van der Waals surface area (Å²) in [7, 11) is -4.00. The highest BCUT2D eigenvalue weighted by Crippen LogP contribution is 2.16. The van der Waals surface area contributed by atoms with E-state index in [1.807, 2.05) is 41.5 Å². The first-order valence-electron chi connectivity index (χ1n) is 14.9. The van der Waals surface area contributed by atoms with Crippen molar-refractivity contribution in [2.75, 3.05) is 84.3 Å². The monoisotopic (exact) mass is 606 g/mol. The van der Waals surface area contributed by atoms with Crippen LogP contribution in [0.25, 0.3) is 0 Å². The molecule has 0 saturated carbocycles. The van der Waals surface area contributed by atoms with Crippen LogP contribution in [0, 0.1) is 5.41 Å². The Morgan fingerprint density at radius 3 is 1.34 bits per heavy atom. The molecule has 1 heterocycles. The molecule has 0 aromatic heterocycles. The molecule has 0 bridgehead atoms. The predicted molar refractivity (Wildman–Crippen MR) is 163 cm³/mol. The number of carbonyl (C=O) groups excluding carboxylic acids is 2. The van der Waals surface area contributed by atoms with Gasteiger partial charge in [-0.05, 0) is 66.3 Å². The Bertz CT molecular complexity index is 862. The van der Waals surface area contributed by atoms with E-state index >= 15 is 0 Å². The van der Waals surface area contributed by atoms with Crippen LogP contribution in [0.4, 0.5) is 0 Å². The predicted octanol–water partition coefficient (Wildman–Crippen LogP) is 2.61. The minimum atomic E-state index is -4.00. The molecule has 0 radical (unpaired) electrons. The van der Waals surface area contributed by atoms with Gasteiger partial charge in [0, 0.05) is 58.9 Å². The molecule has 0 amide bonds. The number of ether oxygens (including phenoxy) is 2. The number of esters is 2. The van der Waals surface area contributed by atoms with Crippen LogP contribution in [0.15, 0.2) is 0 Å². The summed E-state index contributed by atoms with van der Waals surface area (Å²) in [4.78, 5) is 34.4. The number of nitrogens with zero attached hydrogens (tertiary/aromatic N) is 4. The second-order valence-corrected chi connectivity index (χ2v) is 16.0. The van der Waals surface area contributed by atoms with E-state index < -0.39 is 21.3 Å². The molecular formula is C29H58N4O7S. The first-order valence-corrected chi connectivity index (χ1v) is 16.5. The van der Waals surface area contributed by atoms with Gasteiger partial charge in [0.15, 0.2) is 0 Å². The SMILES string of the molecule is CC(C)(C)CN1CCN(CC(=O)OC(C)(C)C)CCN(CCCCS(=O)(=O)O)CCN(CC(=O)OC(C)(C)C)CC1. The first kappa shape index (κ1) is 37.7. The molecule has 41 heavy (non-hydrogen) atoms. The summed E-state index contributed by atoms with van der Waals surface area (Å²) in [6, 6.07) is 0. The van der Waals surface area contributed by atoms with Gasteiger partial charge in [0.1, 0.15) is 11.2 Å². The van der Waals surface area contributed by atoms with Crippen molar-refractivity contribution in [3.05, 3.63) is 0 Å². The van der Waals surface area contributed by atoms with Crippen LogP contribution in [-0.2, 0) is 29.2 Å². The highest BCUT2D eigenvalue weighted by atomic mass is 32.2. The van der Waals surface area contributed by atoms with Crippen molar-refractivity contribution in [2.45, 2.75) is 86.4 Å². The molecule has 1 fully saturated rings. The van der Waals surface area contributed by atoms with Crippen molar-refractivity contribution in [1.29, 1.82) is 0 Å². The topological polar surface area (TPSA) is 120 Å². The van der Waals surface area contributed by atoms with E-state index in [0.717, 1.165) is 19.6 Å². The molecule has 1 aliphatic heterocycles. The Balaban J connectivity index is 3.09. The average Bonchev–Trinajstić information content (AvgIpc) is 2.73. The number of carbonyl (C=O) groups is 2. The van der Waals surface area contributed by atoms with Gasteiger partial charge in [0.25, 0.3) is 10.1 Å². The molecule has 1 N–H and O–H groups in total. The Morgan fingerprint density at radius 1 is 0.634 bits per heavy atom. The zero-order valence-electron chi connectivity index (χ0n) is 27.2. The highest BCUT2D eigenvalue weighted by molar-refractivity contribution is 7.85. The smallest absolute Gasteiger partial charge is 0.320 e. The first-order chi connectivity index (χ1) is 18.6. The second-order valence-electron chi connectivity index (χ2n) is 14.4. The number of hydrogen-bond donors (Lipinski definition) is 1. The van der Waals surface area contributed by atoms with Crippen LogP contribution >= 0.6 is 0 Å².